The molecule has 180 valence electrons. The Balaban J connectivity index is 1.56. The van der Waals surface area contributed by atoms with E-state index in [4.69, 9.17) is 9.47 Å². The van der Waals surface area contributed by atoms with Crippen molar-refractivity contribution in [2.45, 2.75) is 49.0 Å². The van der Waals surface area contributed by atoms with Crippen molar-refractivity contribution < 1.29 is 36.6 Å². The second-order valence-electron chi connectivity index (χ2n) is 7.69. The molecule has 2 aromatic rings. The highest BCUT2D eigenvalue weighted by atomic mass is 32.2. The zero-order valence-corrected chi connectivity index (χ0v) is 18.8. The second-order valence-corrected chi connectivity index (χ2v) is 9.38. The Kier molecular flexibility index (Phi) is 8.35. The molecular formula is C22H26F2N2O6S. The van der Waals surface area contributed by atoms with Crippen molar-refractivity contribution in [2.75, 3.05) is 13.7 Å². The SMILES string of the molecule is COc1ccccc1S(=O)(=O)N[C@H]1CC[C@H](CC(=O)NCc2cc(F)cc(F)c2)O[C@H]1CO. The number of hydrogen-bond acceptors (Lipinski definition) is 6. The molecule has 3 rings (SSSR count). The summed E-state index contributed by atoms with van der Waals surface area (Å²) in [7, 11) is -2.57. The number of aliphatic hydroxyl groups excluding tert-OH is 1. The summed E-state index contributed by atoms with van der Waals surface area (Å²) >= 11 is 0. The molecule has 33 heavy (non-hydrogen) atoms. The Labute approximate surface area is 191 Å². The number of nitrogens with one attached hydrogen (secondary N) is 2. The molecule has 1 heterocycles. The number of rotatable bonds is 9. The van der Waals surface area contributed by atoms with Crippen LogP contribution in [0.5, 0.6) is 5.75 Å². The number of carbonyl (C=O) groups is 1. The molecule has 0 bridgehead atoms. The molecule has 3 N–H and O–H groups in total. The van der Waals surface area contributed by atoms with Gasteiger partial charge in [0.25, 0.3) is 0 Å². The van der Waals surface area contributed by atoms with Gasteiger partial charge in [-0.3, -0.25) is 4.79 Å². The normalized spacial score (nSPS) is 20.9. The Morgan fingerprint density at radius 3 is 2.55 bits per heavy atom. The molecule has 1 amide bonds. The molecular weight excluding hydrogens is 458 g/mol. The molecule has 0 spiro atoms. The topological polar surface area (TPSA) is 114 Å². The Hall–Kier alpha value is -2.60. The zero-order valence-electron chi connectivity index (χ0n) is 18.0. The number of sulfonamides is 1. The summed E-state index contributed by atoms with van der Waals surface area (Å²) < 4.78 is 65.6. The van der Waals surface area contributed by atoms with Crippen LogP contribution >= 0.6 is 0 Å². The molecule has 3 atom stereocenters. The molecule has 1 aliphatic rings. The van der Waals surface area contributed by atoms with Crippen LogP contribution in [-0.2, 0) is 26.1 Å². The lowest BCUT2D eigenvalue weighted by Crippen LogP contribution is -2.51. The smallest absolute Gasteiger partial charge is 0.244 e. The van der Waals surface area contributed by atoms with E-state index < -0.39 is 52.4 Å². The number of aliphatic hydroxyl groups is 1. The van der Waals surface area contributed by atoms with Gasteiger partial charge >= 0.3 is 0 Å². The minimum atomic E-state index is -3.94. The third-order valence-electron chi connectivity index (χ3n) is 5.29. The molecule has 0 unspecified atom stereocenters. The first-order valence-corrected chi connectivity index (χ1v) is 11.8. The highest BCUT2D eigenvalue weighted by Crippen LogP contribution is 2.27. The quantitative estimate of drug-likeness (QED) is 0.501. The van der Waals surface area contributed by atoms with Gasteiger partial charge in [0.1, 0.15) is 22.3 Å². The van der Waals surface area contributed by atoms with Crippen molar-refractivity contribution in [3.63, 3.8) is 0 Å². The number of para-hydroxylation sites is 1. The number of carbonyl (C=O) groups excluding carboxylic acids is 1. The van der Waals surface area contributed by atoms with Gasteiger partial charge in [0.2, 0.25) is 15.9 Å². The number of hydrogen-bond donors (Lipinski definition) is 3. The second kappa shape index (κ2) is 11.0. The fraction of sp³-hybridized carbons (Fsp3) is 0.409. The summed E-state index contributed by atoms with van der Waals surface area (Å²) in [6, 6.07) is 8.47. The third-order valence-corrected chi connectivity index (χ3v) is 6.82. The molecule has 0 saturated carbocycles. The summed E-state index contributed by atoms with van der Waals surface area (Å²) in [5, 5.41) is 12.3. The maximum absolute atomic E-state index is 13.3. The third kappa shape index (κ3) is 6.70. The predicted octanol–water partition coefficient (Wildman–Crippen LogP) is 1.87. The van der Waals surface area contributed by atoms with Gasteiger partial charge in [-0.25, -0.2) is 21.9 Å². The van der Waals surface area contributed by atoms with Crippen molar-refractivity contribution in [1.29, 1.82) is 0 Å². The van der Waals surface area contributed by atoms with E-state index in [1.54, 1.807) is 12.1 Å². The Bertz CT molecular complexity index is 1060. The molecule has 0 aromatic heterocycles. The largest absolute Gasteiger partial charge is 0.495 e. The van der Waals surface area contributed by atoms with Gasteiger partial charge in [-0.15, -0.1) is 0 Å². The highest BCUT2D eigenvalue weighted by molar-refractivity contribution is 7.89. The summed E-state index contributed by atoms with van der Waals surface area (Å²) in [5.41, 5.74) is 0.282. The van der Waals surface area contributed by atoms with Crippen LogP contribution in [0.1, 0.15) is 24.8 Å². The first-order valence-electron chi connectivity index (χ1n) is 10.3. The summed E-state index contributed by atoms with van der Waals surface area (Å²) in [5.74, 6) is -1.67. The van der Waals surface area contributed by atoms with Crippen LogP contribution in [0.3, 0.4) is 0 Å². The molecule has 8 nitrogen and oxygen atoms in total. The van der Waals surface area contributed by atoms with Crippen LogP contribution in [0.4, 0.5) is 8.78 Å². The van der Waals surface area contributed by atoms with E-state index in [9.17, 15) is 27.1 Å². The number of ether oxygens (including phenoxy) is 2. The van der Waals surface area contributed by atoms with Gasteiger partial charge in [0.05, 0.1) is 38.4 Å². The van der Waals surface area contributed by atoms with Crippen LogP contribution in [0, 0.1) is 11.6 Å². The van der Waals surface area contributed by atoms with Crippen LogP contribution < -0.4 is 14.8 Å². The van der Waals surface area contributed by atoms with Crippen molar-refractivity contribution >= 4 is 15.9 Å². The lowest BCUT2D eigenvalue weighted by Gasteiger charge is -2.35. The average molecular weight is 485 g/mol. The van der Waals surface area contributed by atoms with E-state index in [0.29, 0.717) is 12.8 Å². The summed E-state index contributed by atoms with van der Waals surface area (Å²) in [4.78, 5) is 12.2. The Morgan fingerprint density at radius 1 is 1.18 bits per heavy atom. The van der Waals surface area contributed by atoms with Gasteiger partial charge in [0.15, 0.2) is 0 Å². The Morgan fingerprint density at radius 2 is 1.88 bits per heavy atom. The fourth-order valence-electron chi connectivity index (χ4n) is 3.71. The van der Waals surface area contributed by atoms with E-state index in [-0.39, 0.29) is 29.2 Å². The number of amides is 1. The zero-order chi connectivity index (χ0) is 24.0. The minimum Gasteiger partial charge on any atom is -0.495 e. The summed E-state index contributed by atoms with van der Waals surface area (Å²) in [6.07, 6.45) is -0.721. The molecule has 1 saturated heterocycles. The van der Waals surface area contributed by atoms with Gasteiger partial charge in [-0.2, -0.15) is 0 Å². The van der Waals surface area contributed by atoms with Crippen LogP contribution in [0.15, 0.2) is 47.4 Å². The van der Waals surface area contributed by atoms with Crippen molar-refractivity contribution in [3.05, 3.63) is 59.7 Å². The van der Waals surface area contributed by atoms with E-state index in [1.165, 1.54) is 19.2 Å². The van der Waals surface area contributed by atoms with E-state index in [0.717, 1.165) is 18.2 Å². The van der Waals surface area contributed by atoms with Gasteiger partial charge in [0, 0.05) is 12.6 Å². The minimum absolute atomic E-state index is 0.0283. The number of methoxy groups -OCH3 is 1. The van der Waals surface area contributed by atoms with Crippen LogP contribution in [-0.4, -0.2) is 51.4 Å². The molecule has 1 aliphatic heterocycles. The highest BCUT2D eigenvalue weighted by Gasteiger charge is 2.35. The van der Waals surface area contributed by atoms with Crippen molar-refractivity contribution in [1.82, 2.24) is 10.0 Å². The van der Waals surface area contributed by atoms with Crippen LogP contribution in [0.2, 0.25) is 0 Å². The van der Waals surface area contributed by atoms with Crippen molar-refractivity contribution in [2.24, 2.45) is 0 Å². The first-order chi connectivity index (χ1) is 15.7. The fourth-order valence-corrected chi connectivity index (χ4v) is 5.18. The molecule has 2 aromatic carbocycles. The lowest BCUT2D eigenvalue weighted by atomic mass is 9.98. The maximum atomic E-state index is 13.3. The number of benzene rings is 2. The van der Waals surface area contributed by atoms with E-state index in [1.807, 2.05) is 0 Å². The monoisotopic (exact) mass is 484 g/mol. The molecule has 0 aliphatic carbocycles. The predicted molar refractivity (Wildman–Crippen MR) is 115 cm³/mol. The maximum Gasteiger partial charge on any atom is 0.244 e. The average Bonchev–Trinajstić information content (AvgIpc) is 2.78. The number of halogens is 2. The lowest BCUT2D eigenvalue weighted by molar-refractivity contribution is -0.130. The molecule has 1 fully saturated rings. The van der Waals surface area contributed by atoms with Crippen molar-refractivity contribution in [3.8, 4) is 5.75 Å². The molecule has 11 heteroatoms. The van der Waals surface area contributed by atoms with E-state index in [2.05, 4.69) is 10.0 Å². The van der Waals surface area contributed by atoms with Gasteiger partial charge in [-0.05, 0) is 42.7 Å². The van der Waals surface area contributed by atoms with Crippen LogP contribution in [0.25, 0.3) is 0 Å². The summed E-state index contributed by atoms with van der Waals surface area (Å²) in [6.45, 7) is -0.495. The first kappa shape index (κ1) is 25.0. The van der Waals surface area contributed by atoms with Gasteiger partial charge in [-0.1, -0.05) is 12.1 Å². The van der Waals surface area contributed by atoms with E-state index >= 15 is 0 Å². The standard InChI is InChI=1S/C22H26F2N2O6S/c1-31-19-4-2-3-5-21(19)33(29,30)26-18-7-6-17(32-20(18)13-27)11-22(28)25-12-14-8-15(23)10-16(24)9-14/h2-5,8-10,17-18,20,26-27H,6-7,11-13H2,1H3,(H,25,28)/t17-,18+,20+/m1/s1. The molecule has 0 radical (unpaired) electrons. The van der Waals surface area contributed by atoms with Gasteiger partial charge < -0.3 is 19.9 Å².